The van der Waals surface area contributed by atoms with Gasteiger partial charge in [0.05, 0.1) is 5.69 Å². The molecule has 0 fully saturated rings. The number of aryl methyl sites for hydroxylation is 1. The fourth-order valence-electron chi connectivity index (χ4n) is 1.95. The van der Waals surface area contributed by atoms with Crippen LogP contribution in [0, 0.1) is 11.7 Å². The average molecular weight is 242 g/mol. The zero-order chi connectivity index (χ0) is 11.8. The van der Waals surface area contributed by atoms with Gasteiger partial charge in [0.25, 0.3) is 0 Å². The summed E-state index contributed by atoms with van der Waals surface area (Å²) in [5.74, 6) is 0.839. The van der Waals surface area contributed by atoms with Gasteiger partial charge in [0.2, 0.25) is 0 Å². The molecule has 4 nitrogen and oxygen atoms in total. The number of benzene rings is 1. The topological polar surface area (TPSA) is 46.5 Å². The van der Waals surface area contributed by atoms with Crippen molar-refractivity contribution in [1.82, 2.24) is 19.7 Å². The molecule has 1 aromatic carbocycles. The molecular weight excluding hydrogens is 232 g/mol. The maximum atomic E-state index is 5.24. The van der Waals surface area contributed by atoms with Crippen LogP contribution in [-0.4, -0.2) is 19.7 Å². The van der Waals surface area contributed by atoms with Crippen LogP contribution < -0.4 is 0 Å². The first kappa shape index (κ1) is 10.2. The Morgan fingerprint density at radius 2 is 2.18 bits per heavy atom. The molecule has 5 heteroatoms. The number of rotatable bonds is 1. The summed E-state index contributed by atoms with van der Waals surface area (Å²) < 4.78 is 2.51. The fourth-order valence-corrected chi connectivity index (χ4v) is 2.23. The number of aromatic amines is 1. The zero-order valence-corrected chi connectivity index (χ0v) is 10.0. The molecule has 0 aliphatic carbocycles. The van der Waals surface area contributed by atoms with Crippen molar-refractivity contribution in [2.75, 3.05) is 0 Å². The van der Waals surface area contributed by atoms with Crippen molar-refractivity contribution in [1.29, 1.82) is 0 Å². The Morgan fingerprint density at radius 1 is 1.29 bits per heavy atom. The van der Waals surface area contributed by atoms with E-state index in [1.807, 2.05) is 35.9 Å². The molecule has 3 aromatic rings. The van der Waals surface area contributed by atoms with Crippen LogP contribution in [0.4, 0.5) is 0 Å². The van der Waals surface area contributed by atoms with Crippen LogP contribution in [0.3, 0.4) is 0 Å². The second-order valence-corrected chi connectivity index (χ2v) is 4.17. The van der Waals surface area contributed by atoms with Gasteiger partial charge in [-0.2, -0.15) is 5.10 Å². The number of hydrogen-bond acceptors (Lipinski definition) is 3. The van der Waals surface area contributed by atoms with Gasteiger partial charge in [0.1, 0.15) is 5.82 Å². The minimum atomic E-state index is 0.596. The van der Waals surface area contributed by atoms with Gasteiger partial charge in [0, 0.05) is 17.8 Å². The van der Waals surface area contributed by atoms with Gasteiger partial charge in [-0.3, -0.25) is 14.6 Å². The Hall–Kier alpha value is -2.01. The Labute approximate surface area is 103 Å². The highest BCUT2D eigenvalue weighted by Gasteiger charge is 2.07. The van der Waals surface area contributed by atoms with Crippen molar-refractivity contribution < 1.29 is 0 Å². The molecule has 0 atom stereocenters. The predicted molar refractivity (Wildman–Crippen MR) is 68.8 cm³/mol. The monoisotopic (exact) mass is 242 g/mol. The Morgan fingerprint density at radius 3 is 2.94 bits per heavy atom. The number of aromatic nitrogens is 4. The average Bonchev–Trinajstić information content (AvgIpc) is 2.69. The number of nitrogens with zero attached hydrogens (tertiary/aromatic N) is 3. The molecule has 0 saturated carbocycles. The summed E-state index contributed by atoms with van der Waals surface area (Å²) in [7, 11) is 0. The molecule has 84 valence electrons. The summed E-state index contributed by atoms with van der Waals surface area (Å²) in [6, 6.07) is 8.06. The SMILES string of the molecule is Cc1n[nH]c(=S)n1-c1cccc2ccncc12. The van der Waals surface area contributed by atoms with Gasteiger partial charge in [0.15, 0.2) is 4.77 Å². The van der Waals surface area contributed by atoms with Gasteiger partial charge in [-0.25, -0.2) is 0 Å². The summed E-state index contributed by atoms with van der Waals surface area (Å²) in [6.45, 7) is 1.92. The summed E-state index contributed by atoms with van der Waals surface area (Å²) >= 11 is 5.24. The molecule has 0 spiro atoms. The number of fused-ring (bicyclic) bond motifs is 1. The number of nitrogens with one attached hydrogen (secondary N) is 1. The molecule has 2 aromatic heterocycles. The first-order chi connectivity index (χ1) is 8.27. The highest BCUT2D eigenvalue weighted by atomic mass is 32.1. The highest BCUT2D eigenvalue weighted by Crippen LogP contribution is 2.22. The van der Waals surface area contributed by atoms with Crippen molar-refractivity contribution in [2.45, 2.75) is 6.92 Å². The summed E-state index contributed by atoms with van der Waals surface area (Å²) in [4.78, 5) is 4.16. The first-order valence-corrected chi connectivity index (χ1v) is 5.65. The molecule has 0 saturated heterocycles. The fraction of sp³-hybridized carbons (Fsp3) is 0.0833. The highest BCUT2D eigenvalue weighted by molar-refractivity contribution is 7.71. The van der Waals surface area contributed by atoms with E-state index in [4.69, 9.17) is 12.2 Å². The third kappa shape index (κ3) is 1.55. The molecule has 0 radical (unpaired) electrons. The van der Waals surface area contributed by atoms with E-state index in [0.29, 0.717) is 4.77 Å². The molecule has 0 unspecified atom stereocenters. The van der Waals surface area contributed by atoms with E-state index in [2.05, 4.69) is 21.2 Å². The summed E-state index contributed by atoms with van der Waals surface area (Å²) in [5, 5.41) is 9.12. The lowest BCUT2D eigenvalue weighted by Crippen LogP contribution is -1.98. The third-order valence-corrected chi connectivity index (χ3v) is 3.02. The molecule has 0 amide bonds. The molecule has 0 bridgehead atoms. The number of pyridine rings is 1. The lowest BCUT2D eigenvalue weighted by Gasteiger charge is -2.07. The lowest BCUT2D eigenvalue weighted by molar-refractivity contribution is 0.970. The van der Waals surface area contributed by atoms with Crippen LogP contribution in [0.2, 0.25) is 0 Å². The Balaban J connectivity index is 2.43. The van der Waals surface area contributed by atoms with E-state index in [-0.39, 0.29) is 0 Å². The van der Waals surface area contributed by atoms with Crippen LogP contribution in [0.25, 0.3) is 16.5 Å². The van der Waals surface area contributed by atoms with Crippen LogP contribution >= 0.6 is 12.2 Å². The van der Waals surface area contributed by atoms with Crippen molar-refractivity contribution in [3.05, 3.63) is 47.3 Å². The minimum absolute atomic E-state index is 0.596. The van der Waals surface area contributed by atoms with Crippen molar-refractivity contribution in [2.24, 2.45) is 0 Å². The van der Waals surface area contributed by atoms with Crippen molar-refractivity contribution >= 4 is 23.0 Å². The van der Waals surface area contributed by atoms with E-state index in [1.54, 1.807) is 6.20 Å². The minimum Gasteiger partial charge on any atom is -0.272 e. The van der Waals surface area contributed by atoms with E-state index in [1.165, 1.54) is 0 Å². The van der Waals surface area contributed by atoms with E-state index in [9.17, 15) is 0 Å². The Bertz CT molecular complexity index is 736. The third-order valence-electron chi connectivity index (χ3n) is 2.74. The number of H-pyrrole nitrogens is 1. The van der Waals surface area contributed by atoms with Crippen LogP contribution in [-0.2, 0) is 0 Å². The molecule has 17 heavy (non-hydrogen) atoms. The van der Waals surface area contributed by atoms with E-state index < -0.39 is 0 Å². The van der Waals surface area contributed by atoms with Gasteiger partial charge in [-0.1, -0.05) is 12.1 Å². The maximum Gasteiger partial charge on any atom is 0.199 e. The molecule has 0 aliphatic rings. The van der Waals surface area contributed by atoms with Gasteiger partial charge >= 0.3 is 0 Å². The smallest absolute Gasteiger partial charge is 0.199 e. The summed E-state index contributed by atoms with van der Waals surface area (Å²) in [5.41, 5.74) is 1.01. The standard InChI is InChI=1S/C12H10N4S/c1-8-14-15-12(17)16(8)11-4-2-3-9-5-6-13-7-10(9)11/h2-7H,1H3,(H,15,17). The molecule has 2 heterocycles. The Kier molecular flexibility index (Phi) is 2.26. The normalized spacial score (nSPS) is 10.9. The lowest BCUT2D eigenvalue weighted by atomic mass is 10.1. The second kappa shape index (κ2) is 3.78. The van der Waals surface area contributed by atoms with Gasteiger partial charge in [-0.15, -0.1) is 0 Å². The molecule has 0 aliphatic heterocycles. The van der Waals surface area contributed by atoms with Crippen molar-refractivity contribution in [3.63, 3.8) is 0 Å². The second-order valence-electron chi connectivity index (χ2n) is 3.79. The van der Waals surface area contributed by atoms with Crippen LogP contribution in [0.5, 0.6) is 0 Å². The quantitative estimate of drug-likeness (QED) is 0.667. The molecular formula is C12H10N4S. The van der Waals surface area contributed by atoms with Gasteiger partial charge < -0.3 is 0 Å². The van der Waals surface area contributed by atoms with Crippen LogP contribution in [0.1, 0.15) is 5.82 Å². The first-order valence-electron chi connectivity index (χ1n) is 5.24. The van der Waals surface area contributed by atoms with Gasteiger partial charge in [-0.05, 0) is 36.7 Å². The number of hydrogen-bond donors (Lipinski definition) is 1. The van der Waals surface area contributed by atoms with E-state index >= 15 is 0 Å². The van der Waals surface area contributed by atoms with Crippen molar-refractivity contribution in [3.8, 4) is 5.69 Å². The summed E-state index contributed by atoms with van der Waals surface area (Å²) in [6.07, 6.45) is 3.63. The predicted octanol–water partition coefficient (Wildman–Crippen LogP) is 2.79. The van der Waals surface area contributed by atoms with Crippen LogP contribution in [0.15, 0.2) is 36.7 Å². The maximum absolute atomic E-state index is 5.24. The zero-order valence-electron chi connectivity index (χ0n) is 9.21. The molecule has 3 rings (SSSR count). The largest absolute Gasteiger partial charge is 0.272 e. The molecule has 1 N–H and O–H groups in total. The van der Waals surface area contributed by atoms with E-state index in [0.717, 1.165) is 22.3 Å².